The minimum Gasteiger partial charge on any atom is -0.507 e. The van der Waals surface area contributed by atoms with Crippen molar-refractivity contribution >= 4 is 16.3 Å². The highest BCUT2D eigenvalue weighted by molar-refractivity contribution is 6.02. The highest BCUT2D eigenvalue weighted by atomic mass is 16.3. The number of rotatable bonds is 4. The molecule has 0 bridgehead atoms. The van der Waals surface area contributed by atoms with Crippen LogP contribution in [0.25, 0.3) is 27.5 Å². The normalized spacial score (nSPS) is 16.1. The van der Waals surface area contributed by atoms with Crippen molar-refractivity contribution in [2.24, 2.45) is 5.41 Å². The van der Waals surface area contributed by atoms with E-state index >= 15 is 0 Å². The van der Waals surface area contributed by atoms with Gasteiger partial charge in [-0.05, 0) is 89.4 Å². The van der Waals surface area contributed by atoms with Gasteiger partial charge in [-0.25, -0.2) is 0 Å². The van der Waals surface area contributed by atoms with Gasteiger partial charge in [-0.3, -0.25) is 0 Å². The van der Waals surface area contributed by atoms with Gasteiger partial charge in [-0.1, -0.05) is 69.2 Å². The highest BCUT2D eigenvalue weighted by Crippen LogP contribution is 2.46. The summed E-state index contributed by atoms with van der Waals surface area (Å²) in [5.41, 5.74) is 8.26. The third-order valence-electron chi connectivity index (χ3n) is 7.38. The second-order valence-corrected chi connectivity index (χ2v) is 8.80. The molecule has 0 aromatic heterocycles. The van der Waals surface area contributed by atoms with E-state index < -0.39 is 0 Å². The average Bonchev–Trinajstić information content (AvgIpc) is 2.76. The Bertz CT molecular complexity index is 1080. The van der Waals surface area contributed by atoms with Gasteiger partial charge in [0.15, 0.2) is 0 Å². The lowest BCUT2D eigenvalue weighted by Gasteiger charge is -2.35. The number of benzene rings is 3. The fourth-order valence-electron chi connectivity index (χ4n) is 4.91. The molecule has 0 radical (unpaired) electrons. The molecule has 0 aliphatic heterocycles. The van der Waals surface area contributed by atoms with Gasteiger partial charge in [0.05, 0.1) is 0 Å². The van der Waals surface area contributed by atoms with Gasteiger partial charge < -0.3 is 5.11 Å². The van der Waals surface area contributed by atoms with Crippen LogP contribution < -0.4 is 0 Å². The van der Waals surface area contributed by atoms with Crippen LogP contribution in [0.4, 0.5) is 0 Å². The first-order valence-electron chi connectivity index (χ1n) is 11.0. The van der Waals surface area contributed by atoms with Gasteiger partial charge in [0.25, 0.3) is 0 Å². The molecule has 0 saturated carbocycles. The molecule has 0 fully saturated rings. The molecule has 1 aliphatic carbocycles. The SMILES string of the molecule is CCC1(CC)CC=C(c2ccccc2-c2ccc(O)c3cc(C)c(C)cc23)CC1. The van der Waals surface area contributed by atoms with Crippen LogP contribution in [0.2, 0.25) is 0 Å². The quantitative estimate of drug-likeness (QED) is 0.480. The molecular formula is C28H32O. The van der Waals surface area contributed by atoms with Crippen LogP contribution in [-0.2, 0) is 0 Å². The van der Waals surface area contributed by atoms with Crippen molar-refractivity contribution in [2.75, 3.05) is 0 Å². The van der Waals surface area contributed by atoms with Crippen molar-refractivity contribution in [3.05, 3.63) is 71.3 Å². The van der Waals surface area contributed by atoms with Gasteiger partial charge >= 0.3 is 0 Å². The van der Waals surface area contributed by atoms with Crippen LogP contribution in [0, 0.1) is 19.3 Å². The summed E-state index contributed by atoms with van der Waals surface area (Å²) >= 11 is 0. The van der Waals surface area contributed by atoms with Crippen LogP contribution in [0.3, 0.4) is 0 Å². The lowest BCUT2D eigenvalue weighted by molar-refractivity contribution is 0.238. The summed E-state index contributed by atoms with van der Waals surface area (Å²) in [6, 6.07) is 17.1. The molecule has 1 nitrogen and oxygen atoms in total. The molecule has 0 heterocycles. The van der Waals surface area contributed by atoms with Gasteiger partial charge in [-0.2, -0.15) is 0 Å². The molecule has 3 aromatic rings. The van der Waals surface area contributed by atoms with Crippen LogP contribution in [0.1, 0.15) is 62.6 Å². The summed E-state index contributed by atoms with van der Waals surface area (Å²) in [6.45, 7) is 8.93. The Morgan fingerprint density at radius 3 is 2.10 bits per heavy atom. The minimum atomic E-state index is 0.358. The highest BCUT2D eigenvalue weighted by Gasteiger charge is 2.29. The summed E-state index contributed by atoms with van der Waals surface area (Å²) in [4.78, 5) is 0. The maximum absolute atomic E-state index is 10.5. The number of hydrogen-bond acceptors (Lipinski definition) is 1. The van der Waals surface area contributed by atoms with E-state index in [1.54, 1.807) is 0 Å². The zero-order chi connectivity index (χ0) is 20.6. The molecule has 0 amide bonds. The van der Waals surface area contributed by atoms with Crippen molar-refractivity contribution < 1.29 is 5.11 Å². The number of aryl methyl sites for hydroxylation is 2. The Labute approximate surface area is 175 Å². The number of phenolic OH excluding ortho intramolecular Hbond substituents is 1. The monoisotopic (exact) mass is 384 g/mol. The van der Waals surface area contributed by atoms with E-state index in [9.17, 15) is 5.11 Å². The van der Waals surface area contributed by atoms with Crippen molar-refractivity contribution in [3.63, 3.8) is 0 Å². The van der Waals surface area contributed by atoms with Crippen LogP contribution in [0.5, 0.6) is 5.75 Å². The summed E-state index contributed by atoms with van der Waals surface area (Å²) in [5, 5.41) is 12.5. The van der Waals surface area contributed by atoms with Crippen molar-refractivity contribution in [1.29, 1.82) is 0 Å². The minimum absolute atomic E-state index is 0.358. The van der Waals surface area contributed by atoms with E-state index in [0.29, 0.717) is 11.2 Å². The number of hydrogen-bond donors (Lipinski definition) is 1. The Morgan fingerprint density at radius 1 is 0.828 bits per heavy atom. The van der Waals surface area contributed by atoms with E-state index in [-0.39, 0.29) is 0 Å². The summed E-state index contributed by atoms with van der Waals surface area (Å²) < 4.78 is 0. The molecule has 0 unspecified atom stereocenters. The maximum Gasteiger partial charge on any atom is 0.123 e. The number of fused-ring (bicyclic) bond motifs is 1. The Kier molecular flexibility index (Phi) is 5.25. The standard InChI is InChI=1S/C28H32O/c1-5-28(6-2)15-13-21(14-16-28)22-9-7-8-10-23(22)24-11-12-27(29)26-18-20(4)19(3)17-25(24)26/h7-13,17-18,29H,5-6,14-16H2,1-4H3. The van der Waals surface area contributed by atoms with Gasteiger partial charge in [0.2, 0.25) is 0 Å². The third-order valence-corrected chi connectivity index (χ3v) is 7.38. The third kappa shape index (κ3) is 3.48. The van der Waals surface area contributed by atoms with Crippen LogP contribution in [0.15, 0.2) is 54.6 Å². The fourth-order valence-corrected chi connectivity index (χ4v) is 4.91. The summed E-state index contributed by atoms with van der Waals surface area (Å²) in [7, 11) is 0. The molecule has 4 rings (SSSR count). The summed E-state index contributed by atoms with van der Waals surface area (Å²) in [6.07, 6.45) is 8.61. The van der Waals surface area contributed by atoms with Gasteiger partial charge in [0.1, 0.15) is 5.75 Å². The number of phenols is 1. The zero-order valence-electron chi connectivity index (χ0n) is 18.2. The van der Waals surface area contributed by atoms with Crippen molar-refractivity contribution in [2.45, 2.75) is 59.8 Å². The Hall–Kier alpha value is -2.54. The maximum atomic E-state index is 10.5. The molecule has 3 aromatic carbocycles. The van der Waals surface area contributed by atoms with E-state index in [2.05, 4.69) is 76.2 Å². The van der Waals surface area contributed by atoms with E-state index in [0.717, 1.165) is 17.2 Å². The number of aromatic hydroxyl groups is 1. The summed E-state index contributed by atoms with van der Waals surface area (Å²) in [5.74, 6) is 0.358. The topological polar surface area (TPSA) is 20.2 Å². The first kappa shape index (κ1) is 19.8. The zero-order valence-corrected chi connectivity index (χ0v) is 18.2. The second kappa shape index (κ2) is 7.71. The first-order valence-corrected chi connectivity index (χ1v) is 11.0. The molecule has 0 atom stereocenters. The van der Waals surface area contributed by atoms with Crippen molar-refractivity contribution in [3.8, 4) is 16.9 Å². The molecule has 1 aliphatic rings. The molecule has 29 heavy (non-hydrogen) atoms. The van der Waals surface area contributed by atoms with Crippen LogP contribution in [-0.4, -0.2) is 5.11 Å². The smallest absolute Gasteiger partial charge is 0.123 e. The second-order valence-electron chi connectivity index (χ2n) is 8.80. The largest absolute Gasteiger partial charge is 0.507 e. The molecular weight excluding hydrogens is 352 g/mol. The Morgan fingerprint density at radius 2 is 1.48 bits per heavy atom. The lowest BCUT2D eigenvalue weighted by Crippen LogP contribution is -2.21. The molecule has 0 spiro atoms. The average molecular weight is 385 g/mol. The van der Waals surface area contributed by atoms with E-state index in [1.165, 1.54) is 59.1 Å². The van der Waals surface area contributed by atoms with Crippen molar-refractivity contribution in [1.82, 2.24) is 0 Å². The van der Waals surface area contributed by atoms with E-state index in [4.69, 9.17) is 0 Å². The van der Waals surface area contributed by atoms with E-state index in [1.807, 2.05) is 6.07 Å². The number of allylic oxidation sites excluding steroid dienone is 2. The molecule has 0 saturated heterocycles. The van der Waals surface area contributed by atoms with Gasteiger partial charge in [-0.15, -0.1) is 0 Å². The molecule has 1 heteroatoms. The first-order chi connectivity index (χ1) is 14.0. The fraction of sp³-hybridized carbons (Fsp3) is 0.357. The molecule has 150 valence electrons. The molecule has 1 N–H and O–H groups in total. The predicted molar refractivity (Wildman–Crippen MR) is 125 cm³/mol. The lowest BCUT2D eigenvalue weighted by atomic mass is 9.70. The Balaban J connectivity index is 1.86. The predicted octanol–water partition coefficient (Wildman–Crippen LogP) is 8.20. The van der Waals surface area contributed by atoms with Crippen LogP contribution >= 0.6 is 0 Å². The van der Waals surface area contributed by atoms with Gasteiger partial charge in [0, 0.05) is 5.39 Å².